The highest BCUT2D eigenvalue weighted by molar-refractivity contribution is 5.47. The van der Waals surface area contributed by atoms with Gasteiger partial charge in [-0.15, -0.1) is 0 Å². The largest absolute Gasteiger partial charge is 0.484 e. The molecule has 0 aliphatic carbocycles. The molecule has 4 heteroatoms. The number of benzene rings is 1. The average Bonchev–Trinajstić information content (AvgIpc) is 2.47. The topological polar surface area (TPSA) is 71.9 Å². The Labute approximate surface area is 118 Å². The van der Waals surface area contributed by atoms with Gasteiger partial charge in [-0.25, -0.2) is 0 Å². The second-order valence-electron chi connectivity index (χ2n) is 4.67. The van der Waals surface area contributed by atoms with Gasteiger partial charge in [0, 0.05) is 18.9 Å². The fourth-order valence-corrected chi connectivity index (χ4v) is 2.17. The number of hydrogen-bond acceptors (Lipinski definition) is 4. The monoisotopic (exact) mass is 267 g/mol. The second-order valence-corrected chi connectivity index (χ2v) is 4.67. The minimum atomic E-state index is -0.219. The van der Waals surface area contributed by atoms with E-state index < -0.39 is 0 Å². The van der Waals surface area contributed by atoms with Gasteiger partial charge in [0.05, 0.1) is 11.6 Å². The summed E-state index contributed by atoms with van der Waals surface area (Å²) in [6.45, 7) is 4.25. The van der Waals surface area contributed by atoms with E-state index in [1.165, 1.54) is 0 Å². The van der Waals surface area contributed by atoms with Gasteiger partial charge in [0.15, 0.2) is 0 Å². The molecule has 0 aliphatic rings. The Morgan fingerprint density at radius 1 is 1.25 bits per heavy atom. The van der Waals surface area contributed by atoms with Crippen LogP contribution < -0.4 is 10.5 Å². The number of hydrogen-bond donors (Lipinski definition) is 1. The standard InChI is InChI=1S/C16H17N3O/c1-11-7-13(9-17)8-12(2)16(11)20-15(10-18)14-3-5-19-6-4-14/h3-8,15H,10,18H2,1-2H3. The molecule has 2 rings (SSSR count). The summed E-state index contributed by atoms with van der Waals surface area (Å²) in [5.74, 6) is 0.788. The molecular weight excluding hydrogens is 250 g/mol. The molecule has 1 aromatic heterocycles. The smallest absolute Gasteiger partial charge is 0.136 e. The fourth-order valence-electron chi connectivity index (χ4n) is 2.17. The van der Waals surface area contributed by atoms with E-state index in [1.54, 1.807) is 12.4 Å². The lowest BCUT2D eigenvalue weighted by atomic mass is 10.1. The molecule has 4 nitrogen and oxygen atoms in total. The molecule has 1 heterocycles. The zero-order valence-electron chi connectivity index (χ0n) is 11.6. The average molecular weight is 267 g/mol. The van der Waals surface area contributed by atoms with Crippen LogP contribution >= 0.6 is 0 Å². The number of nitriles is 1. The Hall–Kier alpha value is -2.38. The van der Waals surface area contributed by atoms with E-state index in [0.717, 1.165) is 22.4 Å². The molecule has 0 spiro atoms. The van der Waals surface area contributed by atoms with E-state index in [1.807, 2.05) is 38.1 Å². The molecule has 20 heavy (non-hydrogen) atoms. The molecule has 2 N–H and O–H groups in total. The number of aryl methyl sites for hydroxylation is 2. The lowest BCUT2D eigenvalue weighted by Crippen LogP contribution is -2.19. The zero-order valence-corrected chi connectivity index (χ0v) is 11.6. The first-order valence-electron chi connectivity index (χ1n) is 6.43. The summed E-state index contributed by atoms with van der Waals surface area (Å²) in [6, 6.07) is 9.58. The van der Waals surface area contributed by atoms with E-state index >= 15 is 0 Å². The second kappa shape index (κ2) is 6.18. The molecule has 2 aromatic rings. The summed E-state index contributed by atoms with van der Waals surface area (Å²) in [7, 11) is 0. The number of pyridine rings is 1. The first-order valence-corrected chi connectivity index (χ1v) is 6.43. The van der Waals surface area contributed by atoms with Gasteiger partial charge in [0.25, 0.3) is 0 Å². The molecule has 0 fully saturated rings. The first-order chi connectivity index (χ1) is 9.65. The van der Waals surface area contributed by atoms with Crippen molar-refractivity contribution in [1.82, 2.24) is 4.98 Å². The summed E-state index contributed by atoms with van der Waals surface area (Å²) < 4.78 is 6.05. The number of nitrogens with two attached hydrogens (primary N) is 1. The van der Waals surface area contributed by atoms with Crippen molar-refractivity contribution in [1.29, 1.82) is 5.26 Å². The summed E-state index contributed by atoms with van der Waals surface area (Å²) in [6.07, 6.45) is 3.23. The molecule has 0 amide bonds. The number of aromatic nitrogens is 1. The van der Waals surface area contributed by atoms with Crippen molar-refractivity contribution in [3.05, 3.63) is 58.9 Å². The number of nitrogens with zero attached hydrogens (tertiary/aromatic N) is 2. The van der Waals surface area contributed by atoms with Crippen molar-refractivity contribution in [2.45, 2.75) is 20.0 Å². The van der Waals surface area contributed by atoms with Gasteiger partial charge in [-0.1, -0.05) is 0 Å². The Balaban J connectivity index is 2.32. The van der Waals surface area contributed by atoms with Crippen molar-refractivity contribution in [3.63, 3.8) is 0 Å². The minimum Gasteiger partial charge on any atom is -0.484 e. The first kappa shape index (κ1) is 14.0. The number of rotatable bonds is 4. The van der Waals surface area contributed by atoms with Gasteiger partial charge in [0.1, 0.15) is 11.9 Å². The molecule has 102 valence electrons. The Morgan fingerprint density at radius 2 is 1.85 bits per heavy atom. The molecule has 1 atom stereocenters. The molecule has 0 saturated heterocycles. The third-order valence-electron chi connectivity index (χ3n) is 3.14. The Bertz CT molecular complexity index is 609. The maximum absolute atomic E-state index is 8.97. The fraction of sp³-hybridized carbons (Fsp3) is 0.250. The molecule has 1 aromatic carbocycles. The van der Waals surface area contributed by atoms with Crippen LogP contribution in [0.2, 0.25) is 0 Å². The highest BCUT2D eigenvalue weighted by Crippen LogP contribution is 2.29. The van der Waals surface area contributed by atoms with E-state index in [4.69, 9.17) is 15.7 Å². The molecule has 0 radical (unpaired) electrons. The quantitative estimate of drug-likeness (QED) is 0.924. The van der Waals surface area contributed by atoms with Crippen LogP contribution in [0.5, 0.6) is 5.75 Å². The van der Waals surface area contributed by atoms with E-state index in [0.29, 0.717) is 12.1 Å². The van der Waals surface area contributed by atoms with E-state index in [-0.39, 0.29) is 6.10 Å². The maximum atomic E-state index is 8.97. The van der Waals surface area contributed by atoms with Gasteiger partial charge in [-0.05, 0) is 54.8 Å². The molecule has 0 bridgehead atoms. The van der Waals surface area contributed by atoms with Crippen LogP contribution in [-0.4, -0.2) is 11.5 Å². The van der Waals surface area contributed by atoms with Crippen molar-refractivity contribution >= 4 is 0 Å². The van der Waals surface area contributed by atoms with Gasteiger partial charge in [0.2, 0.25) is 0 Å². The third kappa shape index (κ3) is 2.95. The maximum Gasteiger partial charge on any atom is 0.136 e. The van der Waals surface area contributed by atoms with Crippen LogP contribution in [0.1, 0.15) is 28.4 Å². The van der Waals surface area contributed by atoms with Crippen LogP contribution in [0, 0.1) is 25.2 Å². The van der Waals surface area contributed by atoms with Crippen molar-refractivity contribution in [2.24, 2.45) is 5.73 Å². The lowest BCUT2D eigenvalue weighted by molar-refractivity contribution is 0.211. The summed E-state index contributed by atoms with van der Waals surface area (Å²) in [5, 5.41) is 8.97. The minimum absolute atomic E-state index is 0.219. The molecule has 0 aliphatic heterocycles. The molecular formula is C16H17N3O. The Morgan fingerprint density at radius 3 is 2.35 bits per heavy atom. The van der Waals surface area contributed by atoms with Crippen LogP contribution in [-0.2, 0) is 0 Å². The van der Waals surface area contributed by atoms with Gasteiger partial charge in [-0.2, -0.15) is 5.26 Å². The van der Waals surface area contributed by atoms with Crippen LogP contribution in [0.4, 0.5) is 0 Å². The van der Waals surface area contributed by atoms with Crippen molar-refractivity contribution in [2.75, 3.05) is 6.54 Å². The van der Waals surface area contributed by atoms with Crippen LogP contribution in [0.15, 0.2) is 36.7 Å². The summed E-state index contributed by atoms with van der Waals surface area (Å²) in [5.41, 5.74) is 9.32. The van der Waals surface area contributed by atoms with E-state index in [2.05, 4.69) is 11.1 Å². The predicted octanol–water partition coefficient (Wildman–Crippen LogP) is 2.65. The number of ether oxygens (including phenoxy) is 1. The van der Waals surface area contributed by atoms with Gasteiger partial charge >= 0.3 is 0 Å². The molecule has 1 unspecified atom stereocenters. The van der Waals surface area contributed by atoms with E-state index in [9.17, 15) is 0 Å². The lowest BCUT2D eigenvalue weighted by Gasteiger charge is -2.21. The summed E-state index contributed by atoms with van der Waals surface area (Å²) >= 11 is 0. The third-order valence-corrected chi connectivity index (χ3v) is 3.14. The van der Waals surface area contributed by atoms with Gasteiger partial charge in [-0.3, -0.25) is 4.98 Å². The highest BCUT2D eigenvalue weighted by atomic mass is 16.5. The Kier molecular flexibility index (Phi) is 4.34. The zero-order chi connectivity index (χ0) is 14.5. The van der Waals surface area contributed by atoms with Gasteiger partial charge < -0.3 is 10.5 Å². The normalized spacial score (nSPS) is 11.7. The van der Waals surface area contributed by atoms with Crippen molar-refractivity contribution < 1.29 is 4.74 Å². The van der Waals surface area contributed by atoms with Crippen LogP contribution in [0.25, 0.3) is 0 Å². The highest BCUT2D eigenvalue weighted by Gasteiger charge is 2.15. The SMILES string of the molecule is Cc1cc(C#N)cc(C)c1OC(CN)c1ccncc1. The van der Waals surface area contributed by atoms with Crippen LogP contribution in [0.3, 0.4) is 0 Å². The molecule has 0 saturated carbocycles. The summed E-state index contributed by atoms with van der Waals surface area (Å²) in [4.78, 5) is 3.99. The van der Waals surface area contributed by atoms with Crippen molar-refractivity contribution in [3.8, 4) is 11.8 Å². The predicted molar refractivity (Wildman–Crippen MR) is 77.3 cm³/mol.